The van der Waals surface area contributed by atoms with E-state index in [1.54, 1.807) is 36.9 Å². The molecule has 2 N–H and O–H groups in total. The van der Waals surface area contributed by atoms with Crippen molar-refractivity contribution >= 4 is 19.4 Å². The third-order valence-electron chi connectivity index (χ3n) is 4.48. The van der Waals surface area contributed by atoms with E-state index in [2.05, 4.69) is 4.85 Å². The predicted molar refractivity (Wildman–Crippen MR) is 88.0 cm³/mol. The van der Waals surface area contributed by atoms with Gasteiger partial charge in [-0.2, -0.15) is 0 Å². The first-order valence-electron chi connectivity index (χ1n) is 7.86. The van der Waals surface area contributed by atoms with Gasteiger partial charge < -0.3 is 19.4 Å². The Morgan fingerprint density at radius 2 is 2.16 bits per heavy atom. The molecule has 0 unspecified atom stereocenters. The van der Waals surface area contributed by atoms with Gasteiger partial charge in [-0.25, -0.2) is 9.41 Å². The fraction of sp³-hybridized carbons (Fsp3) is 0.500. The number of carbonyl (C=O) groups excluding carboxylic acids is 1. The van der Waals surface area contributed by atoms with Crippen molar-refractivity contribution in [3.05, 3.63) is 35.2 Å². The summed E-state index contributed by atoms with van der Waals surface area (Å²) in [5.74, 6) is 0.369. The summed E-state index contributed by atoms with van der Waals surface area (Å²) < 4.78 is 22.5. The van der Waals surface area contributed by atoms with Crippen molar-refractivity contribution in [1.82, 2.24) is 4.90 Å². The highest BCUT2D eigenvalue weighted by Gasteiger charge is 2.51. The smallest absolute Gasteiger partial charge is 0.470 e. The molecule has 134 valence electrons. The first-order valence-corrected chi connectivity index (χ1v) is 9.39. The molecule has 1 fully saturated rings. The molecule has 0 spiro atoms. The predicted octanol–water partition coefficient (Wildman–Crippen LogP) is 2.55. The average molecular weight is 366 g/mol. The number of phosphoric acid groups is 1. The minimum Gasteiger partial charge on any atom is -0.485 e. The van der Waals surface area contributed by atoms with E-state index in [1.807, 2.05) is 0 Å². The Labute approximate surface area is 145 Å². The highest BCUT2D eigenvalue weighted by Crippen LogP contribution is 2.51. The van der Waals surface area contributed by atoms with Gasteiger partial charge >= 0.3 is 7.82 Å². The highest BCUT2D eigenvalue weighted by atomic mass is 31.2. The van der Waals surface area contributed by atoms with Crippen LogP contribution in [-0.4, -0.2) is 38.8 Å². The molecule has 1 aromatic carbocycles. The first-order chi connectivity index (χ1) is 11.6. The molecular formula is C16H19N2O6P. The van der Waals surface area contributed by atoms with Gasteiger partial charge in [0, 0.05) is 18.5 Å². The van der Waals surface area contributed by atoms with Crippen LogP contribution in [0.15, 0.2) is 18.2 Å². The number of fused-ring (bicyclic) bond motifs is 1. The van der Waals surface area contributed by atoms with Crippen molar-refractivity contribution < 1.29 is 28.4 Å². The Bertz CT molecular complexity index is 796. The van der Waals surface area contributed by atoms with E-state index < -0.39 is 25.6 Å². The number of hydrogen-bond acceptors (Lipinski definition) is 4. The SMILES string of the molecule is [C-]#[N+]c1ccc2c(c1)[C@H](N1CCCC1=O)[C@@H](OP(=O)(O)O)C(C)(C)O2. The summed E-state index contributed by atoms with van der Waals surface area (Å²) in [6.45, 7) is 11.0. The zero-order valence-electron chi connectivity index (χ0n) is 13.9. The second-order valence-corrected chi connectivity index (χ2v) is 7.88. The molecule has 1 amide bonds. The lowest BCUT2D eigenvalue weighted by atomic mass is 9.85. The second-order valence-electron chi connectivity index (χ2n) is 6.69. The van der Waals surface area contributed by atoms with E-state index in [9.17, 15) is 19.1 Å². The molecule has 2 aliphatic heterocycles. The third kappa shape index (κ3) is 3.42. The van der Waals surface area contributed by atoms with E-state index >= 15 is 0 Å². The molecule has 2 heterocycles. The number of hydrogen-bond donors (Lipinski definition) is 2. The van der Waals surface area contributed by atoms with E-state index in [0.717, 1.165) is 0 Å². The monoisotopic (exact) mass is 366 g/mol. The van der Waals surface area contributed by atoms with Crippen LogP contribution in [0.3, 0.4) is 0 Å². The molecule has 0 bridgehead atoms. The quantitative estimate of drug-likeness (QED) is 0.630. The molecule has 0 radical (unpaired) electrons. The van der Waals surface area contributed by atoms with Gasteiger partial charge in [0.25, 0.3) is 0 Å². The fourth-order valence-electron chi connectivity index (χ4n) is 3.44. The third-order valence-corrected chi connectivity index (χ3v) is 4.98. The van der Waals surface area contributed by atoms with Gasteiger partial charge in [0.2, 0.25) is 5.91 Å². The van der Waals surface area contributed by atoms with Crippen LogP contribution in [0.2, 0.25) is 0 Å². The van der Waals surface area contributed by atoms with Crippen molar-refractivity contribution in [2.75, 3.05) is 6.54 Å². The van der Waals surface area contributed by atoms with Crippen LogP contribution in [-0.2, 0) is 13.9 Å². The number of benzene rings is 1. The standard InChI is InChI=1S/C16H19N2O6P/c1-16(2)15(24-25(20,21)22)14(18-8-4-5-13(18)19)11-9-10(17-3)6-7-12(11)23-16/h6-7,9,14-15H,4-5,8H2,1-2H3,(H2,20,21,22)/t14-,15+/m0/s1. The van der Waals surface area contributed by atoms with Crippen LogP contribution in [0, 0.1) is 6.57 Å². The molecule has 3 rings (SSSR count). The lowest BCUT2D eigenvalue weighted by Crippen LogP contribution is -2.54. The molecule has 1 saturated heterocycles. The van der Waals surface area contributed by atoms with Crippen LogP contribution in [0.5, 0.6) is 5.75 Å². The minimum atomic E-state index is -4.82. The summed E-state index contributed by atoms with van der Waals surface area (Å²) in [6, 6.07) is 4.10. The minimum absolute atomic E-state index is 0.110. The van der Waals surface area contributed by atoms with Crippen molar-refractivity contribution in [2.24, 2.45) is 0 Å². The fourth-order valence-corrected chi connectivity index (χ4v) is 4.11. The summed E-state index contributed by atoms with van der Waals surface area (Å²) in [7, 11) is -4.82. The largest absolute Gasteiger partial charge is 0.485 e. The van der Waals surface area contributed by atoms with Gasteiger partial charge in [-0.15, -0.1) is 0 Å². The number of rotatable bonds is 3. The van der Waals surface area contributed by atoms with Crippen LogP contribution in [0.25, 0.3) is 4.85 Å². The van der Waals surface area contributed by atoms with Crippen LogP contribution in [0.4, 0.5) is 5.69 Å². The van der Waals surface area contributed by atoms with E-state index in [4.69, 9.17) is 15.8 Å². The van der Waals surface area contributed by atoms with Gasteiger partial charge in [0.05, 0.1) is 12.6 Å². The number of carbonyl (C=O) groups is 1. The number of likely N-dealkylation sites (tertiary alicyclic amines) is 1. The van der Waals surface area contributed by atoms with Crippen molar-refractivity contribution in [3.8, 4) is 5.75 Å². The van der Waals surface area contributed by atoms with Crippen molar-refractivity contribution in [2.45, 2.75) is 44.4 Å². The van der Waals surface area contributed by atoms with Gasteiger partial charge in [-0.1, -0.05) is 6.07 Å². The van der Waals surface area contributed by atoms with Crippen LogP contribution in [0.1, 0.15) is 38.3 Å². The van der Waals surface area contributed by atoms with Crippen molar-refractivity contribution in [1.29, 1.82) is 0 Å². The van der Waals surface area contributed by atoms with Gasteiger partial charge in [-0.05, 0) is 32.4 Å². The van der Waals surface area contributed by atoms with E-state index in [1.165, 1.54) is 0 Å². The summed E-state index contributed by atoms with van der Waals surface area (Å²) >= 11 is 0. The average Bonchev–Trinajstić information content (AvgIpc) is 2.92. The lowest BCUT2D eigenvalue weighted by Gasteiger charge is -2.47. The Morgan fingerprint density at radius 3 is 2.72 bits per heavy atom. The molecular weight excluding hydrogens is 347 g/mol. The Balaban J connectivity index is 2.16. The molecule has 1 aromatic rings. The topological polar surface area (TPSA) is 101 Å². The molecule has 2 atom stereocenters. The maximum Gasteiger partial charge on any atom is 0.470 e. The molecule has 0 aromatic heterocycles. The Morgan fingerprint density at radius 1 is 1.44 bits per heavy atom. The van der Waals surface area contributed by atoms with Gasteiger partial charge in [0.1, 0.15) is 17.5 Å². The summed E-state index contributed by atoms with van der Waals surface area (Å²) in [5.41, 5.74) is -0.198. The Hall–Kier alpha value is -1.91. The van der Waals surface area contributed by atoms with E-state index in [-0.39, 0.29) is 5.91 Å². The summed E-state index contributed by atoms with van der Waals surface area (Å²) in [5, 5.41) is 0. The maximum absolute atomic E-state index is 12.3. The number of nitrogens with zero attached hydrogens (tertiary/aromatic N) is 2. The Kier molecular flexibility index (Phi) is 4.38. The van der Waals surface area contributed by atoms with Crippen molar-refractivity contribution in [3.63, 3.8) is 0 Å². The summed E-state index contributed by atoms with van der Waals surface area (Å²) in [6.07, 6.45) is -0.0427. The van der Waals surface area contributed by atoms with Gasteiger partial charge in [-0.3, -0.25) is 9.32 Å². The van der Waals surface area contributed by atoms with Crippen LogP contribution < -0.4 is 4.74 Å². The first kappa shape index (κ1) is 17.9. The molecule has 25 heavy (non-hydrogen) atoms. The molecule has 8 nitrogen and oxygen atoms in total. The lowest BCUT2D eigenvalue weighted by molar-refractivity contribution is -0.138. The second kappa shape index (κ2) is 6.11. The zero-order valence-corrected chi connectivity index (χ0v) is 14.8. The normalized spacial score (nSPS) is 25.2. The number of ether oxygens (including phenoxy) is 1. The van der Waals surface area contributed by atoms with E-state index in [0.29, 0.717) is 36.4 Å². The molecule has 0 saturated carbocycles. The summed E-state index contributed by atoms with van der Waals surface area (Å²) in [4.78, 5) is 36.0. The molecule has 0 aliphatic carbocycles. The van der Waals surface area contributed by atoms with Crippen LogP contribution >= 0.6 is 7.82 Å². The molecule has 2 aliphatic rings. The molecule has 9 heteroatoms. The zero-order chi connectivity index (χ0) is 18.4. The van der Waals surface area contributed by atoms with Gasteiger partial charge in [0.15, 0.2) is 5.69 Å². The highest BCUT2D eigenvalue weighted by molar-refractivity contribution is 7.46. The number of amides is 1. The number of phosphoric ester groups is 1. The maximum atomic E-state index is 12.3.